The van der Waals surface area contributed by atoms with Crippen LogP contribution in [0.5, 0.6) is 5.75 Å². The lowest BCUT2D eigenvalue weighted by Gasteiger charge is -2.16. The van der Waals surface area contributed by atoms with E-state index in [1.807, 2.05) is 37.3 Å². The maximum atomic E-state index is 11.2. The molecule has 16 heavy (non-hydrogen) atoms. The lowest BCUT2D eigenvalue weighted by Crippen LogP contribution is -2.42. The fraction of sp³-hybridized carbons (Fsp3) is 0.417. The minimum absolute atomic E-state index is 0.0786. The molecular weight excluding hydrogens is 204 g/mol. The number of carbonyl (C=O) groups is 1. The van der Waals surface area contributed by atoms with E-state index in [9.17, 15) is 4.79 Å². The smallest absolute Gasteiger partial charge is 0.236 e. The molecule has 0 saturated carbocycles. The van der Waals surface area contributed by atoms with Crippen molar-refractivity contribution in [2.45, 2.75) is 26.0 Å². The summed E-state index contributed by atoms with van der Waals surface area (Å²) in [7, 11) is 0. The van der Waals surface area contributed by atoms with Crippen molar-refractivity contribution in [1.82, 2.24) is 5.32 Å². The third kappa shape index (κ3) is 4.31. The van der Waals surface area contributed by atoms with Gasteiger partial charge < -0.3 is 15.8 Å². The highest BCUT2D eigenvalue weighted by Gasteiger charge is 2.09. The molecule has 0 fully saturated rings. The molecule has 0 aliphatic carbocycles. The van der Waals surface area contributed by atoms with Crippen molar-refractivity contribution in [1.29, 1.82) is 0 Å². The number of nitrogens with one attached hydrogen (secondary N) is 1. The molecule has 0 bridgehead atoms. The average molecular weight is 222 g/mol. The van der Waals surface area contributed by atoms with E-state index >= 15 is 0 Å². The molecule has 0 spiro atoms. The third-order valence-electron chi connectivity index (χ3n) is 2.06. The van der Waals surface area contributed by atoms with Gasteiger partial charge in [0.25, 0.3) is 0 Å². The van der Waals surface area contributed by atoms with E-state index in [4.69, 9.17) is 10.5 Å². The van der Waals surface area contributed by atoms with Crippen LogP contribution in [-0.4, -0.2) is 24.6 Å². The first-order valence-corrected chi connectivity index (χ1v) is 5.34. The summed E-state index contributed by atoms with van der Waals surface area (Å²) in [6.07, 6.45) is -0.0786. The van der Waals surface area contributed by atoms with Crippen LogP contribution in [0.4, 0.5) is 0 Å². The molecule has 4 nitrogen and oxygen atoms in total. The molecule has 0 saturated heterocycles. The third-order valence-corrected chi connectivity index (χ3v) is 2.06. The molecular formula is C12H18N2O2. The molecule has 0 heterocycles. The normalized spacial score (nSPS) is 13.9. The first kappa shape index (κ1) is 12.5. The number of nitrogens with two attached hydrogens (primary N) is 1. The van der Waals surface area contributed by atoms with Gasteiger partial charge in [-0.05, 0) is 26.0 Å². The van der Waals surface area contributed by atoms with Gasteiger partial charge in [0.1, 0.15) is 11.9 Å². The van der Waals surface area contributed by atoms with Gasteiger partial charge in [0.2, 0.25) is 5.91 Å². The van der Waals surface area contributed by atoms with Gasteiger partial charge in [-0.1, -0.05) is 18.2 Å². The van der Waals surface area contributed by atoms with Crippen LogP contribution >= 0.6 is 0 Å². The maximum absolute atomic E-state index is 11.2. The number of ether oxygens (including phenoxy) is 1. The van der Waals surface area contributed by atoms with Crippen molar-refractivity contribution >= 4 is 5.91 Å². The molecule has 1 aromatic rings. The molecule has 0 radical (unpaired) electrons. The molecule has 1 aromatic carbocycles. The minimum atomic E-state index is -0.482. The van der Waals surface area contributed by atoms with E-state index < -0.39 is 6.04 Å². The Bertz CT molecular complexity index is 325. The predicted molar refractivity (Wildman–Crippen MR) is 63.2 cm³/mol. The number of hydrogen-bond acceptors (Lipinski definition) is 3. The van der Waals surface area contributed by atoms with Crippen molar-refractivity contribution in [3.8, 4) is 5.75 Å². The summed E-state index contributed by atoms with van der Waals surface area (Å²) in [4.78, 5) is 11.2. The van der Waals surface area contributed by atoms with Gasteiger partial charge in [-0.3, -0.25) is 4.79 Å². The Morgan fingerprint density at radius 1 is 1.38 bits per heavy atom. The van der Waals surface area contributed by atoms with Crippen molar-refractivity contribution in [2.24, 2.45) is 5.73 Å². The Labute approximate surface area is 95.8 Å². The summed E-state index contributed by atoms with van der Waals surface area (Å²) in [5.41, 5.74) is 5.42. The van der Waals surface area contributed by atoms with Crippen molar-refractivity contribution in [3.63, 3.8) is 0 Å². The fourth-order valence-corrected chi connectivity index (χ4v) is 1.18. The number of amides is 1. The van der Waals surface area contributed by atoms with Gasteiger partial charge in [0.05, 0.1) is 12.6 Å². The molecule has 2 atom stereocenters. The zero-order valence-electron chi connectivity index (χ0n) is 9.64. The Balaban J connectivity index is 2.31. The van der Waals surface area contributed by atoms with E-state index in [1.165, 1.54) is 0 Å². The lowest BCUT2D eigenvalue weighted by atomic mass is 10.3. The Kier molecular flexibility index (Phi) is 4.79. The van der Waals surface area contributed by atoms with Crippen molar-refractivity contribution in [2.75, 3.05) is 6.54 Å². The highest BCUT2D eigenvalue weighted by Crippen LogP contribution is 2.10. The second-order valence-corrected chi connectivity index (χ2v) is 3.78. The number of benzene rings is 1. The number of carbonyl (C=O) groups excluding carboxylic acids is 1. The molecule has 3 N–H and O–H groups in total. The Hall–Kier alpha value is -1.55. The first-order valence-electron chi connectivity index (χ1n) is 5.34. The quantitative estimate of drug-likeness (QED) is 0.778. The zero-order chi connectivity index (χ0) is 12.0. The van der Waals surface area contributed by atoms with Crippen LogP contribution in [0.25, 0.3) is 0 Å². The maximum Gasteiger partial charge on any atom is 0.236 e. The van der Waals surface area contributed by atoms with Gasteiger partial charge in [0.15, 0.2) is 0 Å². The van der Waals surface area contributed by atoms with E-state index in [0.29, 0.717) is 6.54 Å². The van der Waals surface area contributed by atoms with Crippen molar-refractivity contribution < 1.29 is 9.53 Å². The number of rotatable bonds is 5. The van der Waals surface area contributed by atoms with E-state index in [-0.39, 0.29) is 12.0 Å². The summed E-state index contributed by atoms with van der Waals surface area (Å²) in [5.74, 6) is 0.633. The van der Waals surface area contributed by atoms with E-state index in [1.54, 1.807) is 6.92 Å². The second-order valence-electron chi connectivity index (χ2n) is 3.78. The number of para-hydroxylation sites is 1. The summed E-state index contributed by atoms with van der Waals surface area (Å²) in [6.45, 7) is 4.00. The largest absolute Gasteiger partial charge is 0.489 e. The zero-order valence-corrected chi connectivity index (χ0v) is 9.64. The molecule has 88 valence electrons. The van der Waals surface area contributed by atoms with Crippen LogP contribution in [0.3, 0.4) is 0 Å². The van der Waals surface area contributed by atoms with Crippen LogP contribution in [0.1, 0.15) is 13.8 Å². The molecule has 1 unspecified atom stereocenters. The SMILES string of the molecule is CC(CNC(=O)[C@@H](C)N)Oc1ccccc1. The first-order chi connectivity index (χ1) is 7.59. The molecule has 4 heteroatoms. The van der Waals surface area contributed by atoms with Crippen LogP contribution in [-0.2, 0) is 4.79 Å². The Morgan fingerprint density at radius 3 is 2.56 bits per heavy atom. The molecule has 0 aliphatic rings. The molecule has 1 amide bonds. The average Bonchev–Trinajstić information content (AvgIpc) is 2.27. The molecule has 1 rings (SSSR count). The van der Waals surface area contributed by atoms with E-state index in [0.717, 1.165) is 5.75 Å². The van der Waals surface area contributed by atoms with Gasteiger partial charge in [-0.25, -0.2) is 0 Å². The van der Waals surface area contributed by atoms with Crippen LogP contribution in [0.2, 0.25) is 0 Å². The highest BCUT2D eigenvalue weighted by molar-refractivity contribution is 5.80. The summed E-state index contributed by atoms with van der Waals surface area (Å²) >= 11 is 0. The van der Waals surface area contributed by atoms with Gasteiger partial charge in [-0.15, -0.1) is 0 Å². The Morgan fingerprint density at radius 2 is 2.00 bits per heavy atom. The monoisotopic (exact) mass is 222 g/mol. The summed E-state index contributed by atoms with van der Waals surface area (Å²) < 4.78 is 5.59. The van der Waals surface area contributed by atoms with Crippen molar-refractivity contribution in [3.05, 3.63) is 30.3 Å². The lowest BCUT2D eigenvalue weighted by molar-refractivity contribution is -0.122. The number of hydrogen-bond donors (Lipinski definition) is 2. The second kappa shape index (κ2) is 6.12. The highest BCUT2D eigenvalue weighted by atomic mass is 16.5. The van der Waals surface area contributed by atoms with Crippen LogP contribution in [0, 0.1) is 0 Å². The minimum Gasteiger partial charge on any atom is -0.489 e. The summed E-state index contributed by atoms with van der Waals surface area (Å²) in [6, 6.07) is 9.01. The summed E-state index contributed by atoms with van der Waals surface area (Å²) in [5, 5.41) is 2.71. The van der Waals surface area contributed by atoms with E-state index in [2.05, 4.69) is 5.32 Å². The molecule has 0 aromatic heterocycles. The standard InChI is InChI=1S/C12H18N2O2/c1-9(8-14-12(15)10(2)13)16-11-6-4-3-5-7-11/h3-7,9-10H,8,13H2,1-2H3,(H,14,15)/t9?,10-/m1/s1. The predicted octanol–water partition coefficient (Wildman–Crippen LogP) is 0.917. The van der Waals surface area contributed by atoms with Crippen LogP contribution < -0.4 is 15.8 Å². The van der Waals surface area contributed by atoms with Crippen LogP contribution in [0.15, 0.2) is 30.3 Å². The molecule has 0 aliphatic heterocycles. The van der Waals surface area contributed by atoms with Gasteiger partial charge in [-0.2, -0.15) is 0 Å². The topological polar surface area (TPSA) is 64.4 Å². The van der Waals surface area contributed by atoms with Gasteiger partial charge in [0, 0.05) is 0 Å². The van der Waals surface area contributed by atoms with Gasteiger partial charge >= 0.3 is 0 Å². The fourth-order valence-electron chi connectivity index (χ4n) is 1.18.